The van der Waals surface area contributed by atoms with E-state index in [1.54, 1.807) is 0 Å². The largest absolute Gasteiger partial charge is 0.354 e. The number of halogens is 1. The van der Waals surface area contributed by atoms with Crippen LogP contribution in [0.25, 0.3) is 173 Å². The zero-order valence-electron chi connectivity index (χ0n) is 68.3. The standard InChI is InChI=1S/C48H33N5.C42H29N5.C6H5Br.CH4.H2/c1-48(2)38-22-12-9-19-33(38)34-26-25-31(29-39(34)48)46-49-45(30-15-5-3-6-16-30)50-47(51-46)53-41-24-14-11-21-37(41)43-42(53)28-27-36-35-20-10-13-23-40(35)52(44(36)43)32-17-7-4-8-18-32;1-42(2)32-17-9-6-14-27(32)28-21-20-26(24-33(28)42)40-44-39(25-12-4-3-5-13-25)45-41(46-40)47-35-19-11-8-16-31(35)37-36(47)23-22-30-29-15-7-10-18-34(29)43-38(30)37;7-6-4-2-1-3-5-6;;/h3-29H,1-2H3;3-24,43H,1-2H3;1-5H;1H4;1H/i3D,5D,6D,15D,16D;3D,4D,5D,12D,13D;;;. The maximum Gasteiger partial charge on any atom is 0.238 e. The molecule has 6 aromatic heterocycles. The molecule has 6 heterocycles. The van der Waals surface area contributed by atoms with E-state index >= 15 is 0 Å². The molecule has 518 valence electrons. The van der Waals surface area contributed by atoms with Gasteiger partial charge in [-0.15, -0.1) is 0 Å². The number of nitrogens with one attached hydrogen (secondary N) is 1. The van der Waals surface area contributed by atoms with Gasteiger partial charge in [0.1, 0.15) is 0 Å². The Hall–Kier alpha value is -13.2. The van der Waals surface area contributed by atoms with Crippen LogP contribution in [0.2, 0.25) is 0 Å². The lowest BCUT2D eigenvalue weighted by Crippen LogP contribution is -2.15. The first-order valence-corrected chi connectivity index (χ1v) is 36.3. The molecule has 0 amide bonds. The number of para-hydroxylation sites is 5. The summed E-state index contributed by atoms with van der Waals surface area (Å²) in [7, 11) is 0. The molecule has 14 aromatic carbocycles. The zero-order valence-corrected chi connectivity index (χ0v) is 59.9. The van der Waals surface area contributed by atoms with Crippen LogP contribution in [0.5, 0.6) is 0 Å². The molecule has 0 fully saturated rings. The third-order valence-corrected chi connectivity index (χ3v) is 21.8. The van der Waals surface area contributed by atoms with Gasteiger partial charge >= 0.3 is 0 Å². The van der Waals surface area contributed by atoms with Gasteiger partial charge in [-0.25, -0.2) is 9.97 Å². The zero-order chi connectivity index (χ0) is 80.4. The summed E-state index contributed by atoms with van der Waals surface area (Å²) in [5.74, 6) is 1.19. The second kappa shape index (κ2) is 25.8. The lowest BCUT2D eigenvalue weighted by atomic mass is 9.82. The highest BCUT2D eigenvalue weighted by Gasteiger charge is 2.37. The summed E-state index contributed by atoms with van der Waals surface area (Å²) in [6.07, 6.45) is 0. The Labute approximate surface area is 648 Å². The van der Waals surface area contributed by atoms with Crippen LogP contribution < -0.4 is 0 Å². The molecule has 2 aliphatic carbocycles. The van der Waals surface area contributed by atoms with E-state index in [-0.39, 0.29) is 78.5 Å². The van der Waals surface area contributed by atoms with Gasteiger partial charge in [0, 0.05) is 93.3 Å². The molecule has 0 aliphatic heterocycles. The summed E-state index contributed by atoms with van der Waals surface area (Å²) < 4.78 is 93.5. The predicted octanol–water partition coefficient (Wildman–Crippen LogP) is 25.3. The summed E-state index contributed by atoms with van der Waals surface area (Å²) in [6.45, 7) is 8.85. The summed E-state index contributed by atoms with van der Waals surface area (Å²) in [6, 6.07) is 86.7. The van der Waals surface area contributed by atoms with Crippen molar-refractivity contribution in [3.8, 4) is 85.4 Å². The summed E-state index contributed by atoms with van der Waals surface area (Å²) in [4.78, 5) is 33.7. The molecule has 1 N–H and O–H groups in total. The minimum absolute atomic E-state index is 0. The van der Waals surface area contributed by atoms with Gasteiger partial charge in [-0.3, -0.25) is 9.13 Å². The average molecular weight is 1470 g/mol. The molecule has 2 aliphatic rings. The highest BCUT2D eigenvalue weighted by Crippen LogP contribution is 2.52. The summed E-state index contributed by atoms with van der Waals surface area (Å²) in [5.41, 5.74) is 18.8. The van der Waals surface area contributed by atoms with Crippen LogP contribution in [0.3, 0.4) is 0 Å². The number of H-pyrrole nitrogens is 1. The summed E-state index contributed by atoms with van der Waals surface area (Å²) in [5, 5.41) is 8.47. The Morgan fingerprint density at radius 3 is 1.26 bits per heavy atom. The highest BCUT2D eigenvalue weighted by molar-refractivity contribution is 9.10. The van der Waals surface area contributed by atoms with Gasteiger partial charge in [-0.1, -0.05) is 306 Å². The third kappa shape index (κ3) is 10.5. The van der Waals surface area contributed by atoms with Crippen molar-refractivity contribution in [1.82, 2.24) is 48.6 Å². The van der Waals surface area contributed by atoms with Crippen molar-refractivity contribution in [1.29, 1.82) is 0 Å². The molecule has 0 saturated heterocycles. The Kier molecular flexibility index (Phi) is 13.2. The Balaban J connectivity index is 0.000000149. The molecule has 0 atom stereocenters. The predicted molar refractivity (Wildman–Crippen MR) is 452 cm³/mol. The number of fused-ring (bicyclic) bond motifs is 20. The van der Waals surface area contributed by atoms with Gasteiger partial charge in [0.2, 0.25) is 11.9 Å². The SMILES string of the molecule is Brc1ccccc1.C.[2H]c1c([2H])c([2H])c(-c2nc(-c3ccc4c(c3)C(C)(C)c3ccccc3-4)nc(-n3c4ccccc4c4c3ccc3c5ccccc5n(-c5ccccc5)c34)n2)c([2H])c1[2H].[2H]c1c([2H])c([2H])c(-c2nc(-c3ccc4c(c3)C(C)(C)c3ccccc3-4)nc(-n3c4ccccc4c4c5[nH]c6ccccc6c5ccc43)n2)c([2H])c1[2H].[HH]. The van der Waals surface area contributed by atoms with Crippen LogP contribution in [-0.2, 0) is 10.8 Å². The highest BCUT2D eigenvalue weighted by atomic mass is 79.9. The minimum Gasteiger partial charge on any atom is -0.354 e. The van der Waals surface area contributed by atoms with Crippen LogP contribution in [0.15, 0.2) is 332 Å². The van der Waals surface area contributed by atoms with Crippen molar-refractivity contribution in [2.24, 2.45) is 0 Å². The average Bonchev–Trinajstić information content (AvgIpc) is 1.55. The van der Waals surface area contributed by atoms with Crippen LogP contribution in [-0.4, -0.2) is 48.6 Å². The maximum absolute atomic E-state index is 8.95. The number of rotatable bonds is 7. The first-order valence-electron chi connectivity index (χ1n) is 40.5. The van der Waals surface area contributed by atoms with Crippen molar-refractivity contribution in [3.05, 3.63) is 354 Å². The van der Waals surface area contributed by atoms with Crippen molar-refractivity contribution < 1.29 is 15.1 Å². The number of hydrogen-bond donors (Lipinski definition) is 1. The number of nitrogens with zero attached hydrogens (tertiary/aromatic N) is 9. The van der Waals surface area contributed by atoms with Gasteiger partial charge in [0.15, 0.2) is 23.3 Å². The van der Waals surface area contributed by atoms with E-state index in [1.165, 1.54) is 22.3 Å². The molecule has 0 spiro atoms. The van der Waals surface area contributed by atoms with Crippen molar-refractivity contribution in [3.63, 3.8) is 0 Å². The molecule has 0 bridgehead atoms. The molecule has 20 aromatic rings. The summed E-state index contributed by atoms with van der Waals surface area (Å²) >= 11 is 3.31. The monoisotopic (exact) mass is 1470 g/mol. The van der Waals surface area contributed by atoms with Gasteiger partial charge < -0.3 is 9.55 Å². The topological polar surface area (TPSA) is 108 Å². The molecule has 108 heavy (non-hydrogen) atoms. The van der Waals surface area contributed by atoms with Crippen molar-refractivity contribution >= 4 is 103 Å². The Morgan fingerprint density at radius 1 is 0.333 bits per heavy atom. The minimum atomic E-state index is -0.478. The van der Waals surface area contributed by atoms with E-state index < -0.39 is 36.3 Å². The van der Waals surface area contributed by atoms with Crippen LogP contribution >= 0.6 is 15.9 Å². The van der Waals surface area contributed by atoms with E-state index in [9.17, 15) is 0 Å². The molecular weight excluding hydrogens is 1390 g/mol. The number of hydrogen-bond acceptors (Lipinski definition) is 6. The van der Waals surface area contributed by atoms with E-state index in [4.69, 9.17) is 43.6 Å². The Morgan fingerprint density at radius 2 is 0.741 bits per heavy atom. The fourth-order valence-electron chi connectivity index (χ4n) is 16.4. The van der Waals surface area contributed by atoms with Gasteiger partial charge in [0.25, 0.3) is 0 Å². The van der Waals surface area contributed by atoms with Gasteiger partial charge in [-0.2, -0.15) is 19.9 Å². The Bertz CT molecular complexity index is 7570. The van der Waals surface area contributed by atoms with Crippen molar-refractivity contribution in [2.75, 3.05) is 0 Å². The lowest BCUT2D eigenvalue weighted by molar-refractivity contribution is 0.660. The van der Waals surface area contributed by atoms with E-state index in [0.717, 1.165) is 131 Å². The fourth-order valence-corrected chi connectivity index (χ4v) is 16.7. The molecule has 0 radical (unpaired) electrons. The quantitative estimate of drug-likeness (QED) is 0.170. The lowest BCUT2D eigenvalue weighted by Gasteiger charge is -2.21. The normalized spacial score (nSPS) is 14.2. The first-order chi connectivity index (χ1) is 56.7. The van der Waals surface area contributed by atoms with E-state index in [1.807, 2.05) is 118 Å². The first kappa shape index (κ1) is 55.3. The third-order valence-electron chi connectivity index (χ3n) is 21.3. The van der Waals surface area contributed by atoms with E-state index in [2.05, 4.69) is 211 Å². The van der Waals surface area contributed by atoms with Crippen LogP contribution in [0.4, 0.5) is 0 Å². The number of aromatic nitrogens is 10. The molecular formula is C97H73BrN10. The second-order valence-corrected chi connectivity index (χ2v) is 28.9. The molecule has 22 rings (SSSR count). The molecule has 11 heteroatoms. The van der Waals surface area contributed by atoms with Crippen molar-refractivity contribution in [2.45, 2.75) is 46.0 Å². The molecule has 0 unspecified atom stereocenters. The van der Waals surface area contributed by atoms with Gasteiger partial charge in [0.05, 0.1) is 52.3 Å². The number of benzene rings is 14. The fraction of sp³-hybridized carbons (Fsp3) is 0.0722. The van der Waals surface area contributed by atoms with Gasteiger partial charge in [-0.05, 0) is 117 Å². The molecule has 0 saturated carbocycles. The second-order valence-electron chi connectivity index (χ2n) is 28.0. The smallest absolute Gasteiger partial charge is 0.238 e. The van der Waals surface area contributed by atoms with E-state index in [0.29, 0.717) is 11.6 Å². The maximum atomic E-state index is 8.95. The van der Waals surface area contributed by atoms with Crippen LogP contribution in [0.1, 0.15) is 72.5 Å². The van der Waals surface area contributed by atoms with Crippen LogP contribution in [0, 0.1) is 0 Å². The number of aromatic amines is 1. The molecule has 10 nitrogen and oxygen atoms in total.